The molecule has 2 aliphatic rings. The molecule has 21 heavy (non-hydrogen) atoms. The molecule has 1 heterocycles. The lowest BCUT2D eigenvalue weighted by molar-refractivity contribution is 0.180. The summed E-state index contributed by atoms with van der Waals surface area (Å²) in [5, 5.41) is 3.86. The van der Waals surface area contributed by atoms with Crippen molar-refractivity contribution in [3.05, 3.63) is 35.9 Å². The van der Waals surface area contributed by atoms with Gasteiger partial charge in [0, 0.05) is 19.1 Å². The molecule has 116 valence electrons. The van der Waals surface area contributed by atoms with Crippen molar-refractivity contribution in [2.45, 2.75) is 51.6 Å². The standard InChI is InChI=1S/C19H30N2/c1-16-9-10-18(12-16)13-20-19-8-5-11-21(15-19)14-17-6-3-2-4-7-17/h2-4,6-7,16,18-20H,5,8-15H2,1H3. The van der Waals surface area contributed by atoms with Crippen LogP contribution in [0.1, 0.15) is 44.6 Å². The molecule has 3 unspecified atom stereocenters. The minimum absolute atomic E-state index is 0.707. The van der Waals surface area contributed by atoms with Crippen molar-refractivity contribution in [1.82, 2.24) is 10.2 Å². The Morgan fingerprint density at radius 3 is 2.76 bits per heavy atom. The van der Waals surface area contributed by atoms with E-state index in [1.54, 1.807) is 0 Å². The highest BCUT2D eigenvalue weighted by molar-refractivity contribution is 5.14. The second kappa shape index (κ2) is 7.42. The lowest BCUT2D eigenvalue weighted by atomic mass is 10.0. The van der Waals surface area contributed by atoms with Gasteiger partial charge in [-0.3, -0.25) is 4.90 Å². The zero-order chi connectivity index (χ0) is 14.5. The smallest absolute Gasteiger partial charge is 0.0234 e. The Morgan fingerprint density at radius 2 is 2.00 bits per heavy atom. The Morgan fingerprint density at radius 1 is 1.14 bits per heavy atom. The number of rotatable bonds is 5. The third-order valence-electron chi connectivity index (χ3n) is 5.25. The first-order valence-corrected chi connectivity index (χ1v) is 8.79. The van der Waals surface area contributed by atoms with Crippen LogP contribution >= 0.6 is 0 Å². The van der Waals surface area contributed by atoms with Crippen LogP contribution in [0.2, 0.25) is 0 Å². The van der Waals surface area contributed by atoms with Gasteiger partial charge in [0.15, 0.2) is 0 Å². The van der Waals surface area contributed by atoms with Gasteiger partial charge in [-0.05, 0) is 56.2 Å². The van der Waals surface area contributed by atoms with Crippen LogP contribution in [-0.4, -0.2) is 30.6 Å². The topological polar surface area (TPSA) is 15.3 Å². The number of piperidine rings is 1. The minimum Gasteiger partial charge on any atom is -0.312 e. The molecule has 1 N–H and O–H groups in total. The first kappa shape index (κ1) is 15.1. The summed E-state index contributed by atoms with van der Waals surface area (Å²) in [5.74, 6) is 1.89. The van der Waals surface area contributed by atoms with Gasteiger partial charge in [0.1, 0.15) is 0 Å². The summed E-state index contributed by atoms with van der Waals surface area (Å²) in [6.45, 7) is 7.24. The van der Waals surface area contributed by atoms with Crippen molar-refractivity contribution < 1.29 is 0 Å². The third kappa shape index (κ3) is 4.55. The minimum atomic E-state index is 0.707. The second-order valence-corrected chi connectivity index (χ2v) is 7.25. The fourth-order valence-corrected chi connectivity index (χ4v) is 4.05. The van der Waals surface area contributed by atoms with Gasteiger partial charge in [-0.1, -0.05) is 43.7 Å². The summed E-state index contributed by atoms with van der Waals surface area (Å²) in [6.07, 6.45) is 7.01. The van der Waals surface area contributed by atoms with Crippen LogP contribution in [0.15, 0.2) is 30.3 Å². The van der Waals surface area contributed by atoms with Crippen LogP contribution in [0.25, 0.3) is 0 Å². The summed E-state index contributed by atoms with van der Waals surface area (Å²) in [7, 11) is 0. The lowest BCUT2D eigenvalue weighted by Crippen LogP contribution is -2.46. The maximum atomic E-state index is 3.86. The highest BCUT2D eigenvalue weighted by atomic mass is 15.2. The van der Waals surface area contributed by atoms with Gasteiger partial charge in [0.05, 0.1) is 0 Å². The molecule has 1 aromatic rings. The molecule has 3 atom stereocenters. The molecule has 1 aliphatic carbocycles. The van der Waals surface area contributed by atoms with E-state index in [0.717, 1.165) is 18.4 Å². The van der Waals surface area contributed by atoms with Gasteiger partial charge in [-0.2, -0.15) is 0 Å². The van der Waals surface area contributed by atoms with E-state index in [0.29, 0.717) is 6.04 Å². The summed E-state index contributed by atoms with van der Waals surface area (Å²) < 4.78 is 0. The van der Waals surface area contributed by atoms with Gasteiger partial charge in [0.2, 0.25) is 0 Å². The third-order valence-corrected chi connectivity index (χ3v) is 5.25. The van der Waals surface area contributed by atoms with Crippen LogP contribution in [-0.2, 0) is 6.54 Å². The van der Waals surface area contributed by atoms with Crippen LogP contribution in [0.4, 0.5) is 0 Å². The number of nitrogens with one attached hydrogen (secondary N) is 1. The van der Waals surface area contributed by atoms with Crippen LogP contribution in [0.3, 0.4) is 0 Å². The van der Waals surface area contributed by atoms with E-state index in [1.165, 1.54) is 57.3 Å². The number of hydrogen-bond acceptors (Lipinski definition) is 2. The normalized spacial score (nSPS) is 30.6. The molecule has 0 radical (unpaired) electrons. The Kier molecular flexibility index (Phi) is 5.32. The molecule has 1 aromatic carbocycles. The van der Waals surface area contributed by atoms with Crippen molar-refractivity contribution in [3.63, 3.8) is 0 Å². The summed E-state index contributed by atoms with van der Waals surface area (Å²) in [4.78, 5) is 2.62. The van der Waals surface area contributed by atoms with Crippen molar-refractivity contribution in [2.24, 2.45) is 11.8 Å². The zero-order valence-electron chi connectivity index (χ0n) is 13.4. The molecular weight excluding hydrogens is 256 g/mol. The molecule has 0 aromatic heterocycles. The predicted octanol–water partition coefficient (Wildman–Crippen LogP) is 3.68. The summed E-state index contributed by atoms with van der Waals surface area (Å²) in [6, 6.07) is 11.6. The molecule has 1 saturated heterocycles. The fourth-order valence-electron chi connectivity index (χ4n) is 4.05. The van der Waals surface area contributed by atoms with Gasteiger partial charge in [-0.25, -0.2) is 0 Å². The molecule has 0 spiro atoms. The first-order chi connectivity index (χ1) is 10.3. The van der Waals surface area contributed by atoms with Crippen molar-refractivity contribution in [1.29, 1.82) is 0 Å². The molecular formula is C19H30N2. The Balaban J connectivity index is 1.43. The fraction of sp³-hybridized carbons (Fsp3) is 0.684. The Labute approximate surface area is 129 Å². The highest BCUT2D eigenvalue weighted by Gasteiger charge is 2.24. The predicted molar refractivity (Wildman–Crippen MR) is 89.2 cm³/mol. The van der Waals surface area contributed by atoms with Crippen molar-refractivity contribution >= 4 is 0 Å². The van der Waals surface area contributed by atoms with Crippen LogP contribution in [0.5, 0.6) is 0 Å². The highest BCUT2D eigenvalue weighted by Crippen LogP contribution is 2.29. The Bertz CT molecular complexity index is 417. The van der Waals surface area contributed by atoms with Crippen molar-refractivity contribution in [2.75, 3.05) is 19.6 Å². The van der Waals surface area contributed by atoms with E-state index < -0.39 is 0 Å². The van der Waals surface area contributed by atoms with Crippen LogP contribution in [0, 0.1) is 11.8 Å². The quantitative estimate of drug-likeness (QED) is 0.888. The summed E-state index contributed by atoms with van der Waals surface area (Å²) in [5.41, 5.74) is 1.45. The van der Waals surface area contributed by atoms with E-state index >= 15 is 0 Å². The van der Waals surface area contributed by atoms with E-state index in [4.69, 9.17) is 0 Å². The average molecular weight is 286 g/mol. The number of hydrogen-bond donors (Lipinski definition) is 1. The average Bonchev–Trinajstić information content (AvgIpc) is 2.92. The number of benzene rings is 1. The van der Waals surface area contributed by atoms with E-state index in [2.05, 4.69) is 47.5 Å². The summed E-state index contributed by atoms with van der Waals surface area (Å²) >= 11 is 0. The SMILES string of the molecule is CC1CCC(CNC2CCCN(Cc3ccccc3)C2)C1. The Hall–Kier alpha value is -0.860. The maximum absolute atomic E-state index is 3.86. The molecule has 2 heteroatoms. The monoisotopic (exact) mass is 286 g/mol. The van der Waals surface area contributed by atoms with Gasteiger partial charge >= 0.3 is 0 Å². The molecule has 2 fully saturated rings. The van der Waals surface area contributed by atoms with Crippen LogP contribution < -0.4 is 5.32 Å². The van der Waals surface area contributed by atoms with Crippen molar-refractivity contribution in [3.8, 4) is 0 Å². The van der Waals surface area contributed by atoms with E-state index in [-0.39, 0.29) is 0 Å². The van der Waals surface area contributed by atoms with Gasteiger partial charge in [-0.15, -0.1) is 0 Å². The molecule has 1 aliphatic heterocycles. The number of likely N-dealkylation sites (tertiary alicyclic amines) is 1. The van der Waals surface area contributed by atoms with Gasteiger partial charge in [0.25, 0.3) is 0 Å². The lowest BCUT2D eigenvalue weighted by Gasteiger charge is -2.34. The second-order valence-electron chi connectivity index (χ2n) is 7.25. The molecule has 2 nitrogen and oxygen atoms in total. The molecule has 3 rings (SSSR count). The number of nitrogens with zero attached hydrogens (tertiary/aromatic N) is 1. The first-order valence-electron chi connectivity index (χ1n) is 8.79. The van der Waals surface area contributed by atoms with E-state index in [9.17, 15) is 0 Å². The maximum Gasteiger partial charge on any atom is 0.0234 e. The van der Waals surface area contributed by atoms with Gasteiger partial charge < -0.3 is 5.32 Å². The molecule has 0 amide bonds. The zero-order valence-corrected chi connectivity index (χ0v) is 13.4. The van der Waals surface area contributed by atoms with E-state index in [1.807, 2.05) is 0 Å². The largest absolute Gasteiger partial charge is 0.312 e. The molecule has 0 bridgehead atoms. The molecule has 1 saturated carbocycles.